The Hall–Kier alpha value is -0.610. The zero-order valence-corrected chi connectivity index (χ0v) is 7.22. The third-order valence-electron chi connectivity index (χ3n) is 1.45. The Bertz CT molecular complexity index is 126. The van der Waals surface area contributed by atoms with Gasteiger partial charge in [0.05, 0.1) is 0 Å². The summed E-state index contributed by atoms with van der Waals surface area (Å²) in [6.45, 7) is 3.93. The zero-order chi connectivity index (χ0) is 8.85. The number of amides is 1. The van der Waals surface area contributed by atoms with E-state index in [1.54, 1.807) is 0 Å². The fourth-order valence-electron chi connectivity index (χ4n) is 0.503. The van der Waals surface area contributed by atoms with Crippen LogP contribution >= 0.6 is 0 Å². The van der Waals surface area contributed by atoms with Crippen LogP contribution in [-0.2, 0) is 4.79 Å². The van der Waals surface area contributed by atoms with Gasteiger partial charge in [-0.25, -0.2) is 0 Å². The molecule has 0 heterocycles. The average Bonchev–Trinajstić information content (AvgIpc) is 1.99. The summed E-state index contributed by atoms with van der Waals surface area (Å²) in [6.07, 6.45) is -0.918. The molecule has 11 heavy (non-hydrogen) atoms. The number of carbonyl (C=O) groups is 1. The first-order valence-corrected chi connectivity index (χ1v) is 3.71. The molecule has 1 amide bonds. The van der Waals surface area contributed by atoms with E-state index in [2.05, 4.69) is 10.6 Å². The Morgan fingerprint density at radius 2 is 2.09 bits per heavy atom. The van der Waals surface area contributed by atoms with Gasteiger partial charge in [-0.05, 0) is 20.9 Å². The van der Waals surface area contributed by atoms with Crippen molar-refractivity contribution in [3.8, 4) is 0 Å². The molecule has 0 aromatic heterocycles. The highest BCUT2D eigenvalue weighted by molar-refractivity contribution is 5.79. The third kappa shape index (κ3) is 4.75. The van der Waals surface area contributed by atoms with Gasteiger partial charge in [-0.2, -0.15) is 0 Å². The Balaban J connectivity index is 3.46. The van der Waals surface area contributed by atoms with Gasteiger partial charge in [0.1, 0.15) is 6.10 Å². The largest absolute Gasteiger partial charge is 0.384 e. The van der Waals surface area contributed by atoms with Gasteiger partial charge in [-0.1, -0.05) is 0 Å². The van der Waals surface area contributed by atoms with Crippen LogP contribution in [0.5, 0.6) is 0 Å². The molecule has 0 saturated carbocycles. The summed E-state index contributed by atoms with van der Waals surface area (Å²) < 4.78 is 0. The molecule has 0 radical (unpaired) electrons. The van der Waals surface area contributed by atoms with Gasteiger partial charge in [-0.15, -0.1) is 0 Å². The maximum atomic E-state index is 10.8. The number of hydrogen-bond acceptors (Lipinski definition) is 3. The summed E-state index contributed by atoms with van der Waals surface area (Å²) in [6, 6.07) is 0.234. The summed E-state index contributed by atoms with van der Waals surface area (Å²) in [5.41, 5.74) is 0. The van der Waals surface area contributed by atoms with E-state index < -0.39 is 6.10 Å². The molecule has 0 saturated heterocycles. The van der Waals surface area contributed by atoms with Crippen LogP contribution in [0.15, 0.2) is 0 Å². The molecule has 0 bridgehead atoms. The predicted octanol–water partition coefficient (Wildman–Crippen LogP) is -0.909. The monoisotopic (exact) mass is 160 g/mol. The van der Waals surface area contributed by atoms with Gasteiger partial charge in [0.2, 0.25) is 5.91 Å². The van der Waals surface area contributed by atoms with Crippen molar-refractivity contribution in [2.75, 3.05) is 13.6 Å². The molecular weight excluding hydrogens is 144 g/mol. The molecule has 0 aliphatic heterocycles. The second-order valence-corrected chi connectivity index (χ2v) is 2.61. The number of carbonyl (C=O) groups excluding carboxylic acids is 1. The minimum Gasteiger partial charge on any atom is -0.384 e. The Labute approximate surface area is 67.0 Å². The van der Waals surface area contributed by atoms with Crippen molar-refractivity contribution in [2.45, 2.75) is 26.0 Å². The highest BCUT2D eigenvalue weighted by Gasteiger charge is 2.08. The molecule has 4 heteroatoms. The number of aliphatic hydroxyl groups excluding tert-OH is 1. The van der Waals surface area contributed by atoms with Crippen LogP contribution in [0.25, 0.3) is 0 Å². The van der Waals surface area contributed by atoms with Crippen molar-refractivity contribution in [2.24, 2.45) is 0 Å². The fraction of sp³-hybridized carbons (Fsp3) is 0.857. The molecule has 0 spiro atoms. The predicted molar refractivity (Wildman–Crippen MR) is 43.2 cm³/mol. The van der Waals surface area contributed by atoms with Crippen molar-refractivity contribution in [1.82, 2.24) is 10.6 Å². The first-order chi connectivity index (χ1) is 5.07. The molecule has 0 aromatic carbocycles. The van der Waals surface area contributed by atoms with Gasteiger partial charge < -0.3 is 15.7 Å². The molecule has 66 valence electrons. The molecule has 0 aromatic rings. The third-order valence-corrected chi connectivity index (χ3v) is 1.45. The van der Waals surface area contributed by atoms with E-state index in [9.17, 15) is 4.79 Å². The van der Waals surface area contributed by atoms with E-state index in [0.29, 0.717) is 6.54 Å². The van der Waals surface area contributed by atoms with Crippen LogP contribution in [0, 0.1) is 0 Å². The van der Waals surface area contributed by atoms with Crippen molar-refractivity contribution in [3.05, 3.63) is 0 Å². The van der Waals surface area contributed by atoms with Gasteiger partial charge in [0.15, 0.2) is 0 Å². The smallest absolute Gasteiger partial charge is 0.248 e. The molecule has 3 N–H and O–H groups in total. The quantitative estimate of drug-likeness (QED) is 0.499. The molecule has 2 atom stereocenters. The Morgan fingerprint density at radius 1 is 1.55 bits per heavy atom. The van der Waals surface area contributed by atoms with Crippen LogP contribution in [0.2, 0.25) is 0 Å². The average molecular weight is 160 g/mol. The first kappa shape index (κ1) is 10.4. The van der Waals surface area contributed by atoms with Crippen LogP contribution in [0.4, 0.5) is 0 Å². The van der Waals surface area contributed by atoms with Crippen LogP contribution < -0.4 is 10.6 Å². The van der Waals surface area contributed by atoms with E-state index in [1.807, 2.05) is 14.0 Å². The summed E-state index contributed by atoms with van der Waals surface area (Å²) in [5.74, 6) is -0.327. The molecule has 1 unspecified atom stereocenters. The van der Waals surface area contributed by atoms with Crippen molar-refractivity contribution in [3.63, 3.8) is 0 Å². The number of likely N-dealkylation sites (N-methyl/N-ethyl adjacent to an activating group) is 1. The Morgan fingerprint density at radius 3 is 2.45 bits per heavy atom. The maximum absolute atomic E-state index is 10.8. The lowest BCUT2D eigenvalue weighted by Crippen LogP contribution is -2.40. The maximum Gasteiger partial charge on any atom is 0.248 e. The lowest BCUT2D eigenvalue weighted by molar-refractivity contribution is -0.128. The SMILES string of the molecule is CNC(C)CNC(=O)[C@@H](C)O. The number of nitrogens with one attached hydrogen (secondary N) is 2. The normalized spacial score (nSPS) is 15.6. The molecule has 4 nitrogen and oxygen atoms in total. The van der Waals surface area contributed by atoms with E-state index >= 15 is 0 Å². The highest BCUT2D eigenvalue weighted by Crippen LogP contribution is 1.80. The minimum atomic E-state index is -0.918. The van der Waals surface area contributed by atoms with Gasteiger partial charge >= 0.3 is 0 Å². The van der Waals surface area contributed by atoms with Crippen LogP contribution in [0.3, 0.4) is 0 Å². The Kier molecular flexibility index (Phi) is 4.81. The summed E-state index contributed by atoms with van der Waals surface area (Å²) in [5, 5.41) is 14.3. The number of hydrogen-bond donors (Lipinski definition) is 3. The molecule has 0 aliphatic rings. The highest BCUT2D eigenvalue weighted by atomic mass is 16.3. The zero-order valence-electron chi connectivity index (χ0n) is 7.22. The van der Waals surface area contributed by atoms with E-state index in [4.69, 9.17) is 5.11 Å². The van der Waals surface area contributed by atoms with Crippen LogP contribution in [-0.4, -0.2) is 36.8 Å². The van der Waals surface area contributed by atoms with E-state index in [-0.39, 0.29) is 11.9 Å². The standard InChI is InChI=1S/C7H16N2O2/c1-5(8-3)4-9-7(11)6(2)10/h5-6,8,10H,4H2,1-3H3,(H,9,11)/t5?,6-/m1/s1. The second kappa shape index (κ2) is 5.09. The lowest BCUT2D eigenvalue weighted by atomic mass is 10.3. The van der Waals surface area contributed by atoms with Gasteiger partial charge in [0.25, 0.3) is 0 Å². The lowest BCUT2D eigenvalue weighted by Gasteiger charge is -2.12. The first-order valence-electron chi connectivity index (χ1n) is 3.71. The fourth-order valence-corrected chi connectivity index (χ4v) is 0.503. The van der Waals surface area contributed by atoms with Crippen molar-refractivity contribution < 1.29 is 9.90 Å². The summed E-state index contributed by atoms with van der Waals surface area (Å²) in [4.78, 5) is 10.8. The molecule has 0 aliphatic carbocycles. The molecular formula is C7H16N2O2. The van der Waals surface area contributed by atoms with Gasteiger partial charge in [-0.3, -0.25) is 4.79 Å². The molecule has 0 rings (SSSR count). The topological polar surface area (TPSA) is 61.4 Å². The minimum absolute atomic E-state index is 0.234. The summed E-state index contributed by atoms with van der Waals surface area (Å²) in [7, 11) is 1.82. The van der Waals surface area contributed by atoms with Crippen molar-refractivity contribution in [1.29, 1.82) is 0 Å². The number of aliphatic hydroxyl groups is 1. The summed E-state index contributed by atoms with van der Waals surface area (Å²) >= 11 is 0. The van der Waals surface area contributed by atoms with Crippen molar-refractivity contribution >= 4 is 5.91 Å². The van der Waals surface area contributed by atoms with E-state index in [1.165, 1.54) is 6.92 Å². The van der Waals surface area contributed by atoms with Gasteiger partial charge in [0, 0.05) is 12.6 Å². The van der Waals surface area contributed by atoms with Crippen LogP contribution in [0.1, 0.15) is 13.8 Å². The molecule has 0 fully saturated rings. The number of rotatable bonds is 4. The van der Waals surface area contributed by atoms with E-state index in [0.717, 1.165) is 0 Å². The second-order valence-electron chi connectivity index (χ2n) is 2.61.